The molecule has 1 saturated carbocycles. The number of rotatable bonds is 7. The van der Waals surface area contributed by atoms with Crippen molar-refractivity contribution >= 4 is 11.1 Å². The molecule has 1 saturated heterocycles. The van der Waals surface area contributed by atoms with E-state index in [1.165, 1.54) is 6.42 Å². The molecule has 3 aromatic carbocycles. The Bertz CT molecular complexity index is 1380. The molecule has 2 heterocycles. The molecule has 0 radical (unpaired) electrons. The minimum Gasteiger partial charge on any atom is -0.508 e. The molecule has 2 fully saturated rings. The van der Waals surface area contributed by atoms with Crippen LogP contribution in [0.3, 0.4) is 0 Å². The number of hydrogen-bond donors (Lipinski definition) is 2. The Kier molecular flexibility index (Phi) is 6.76. The monoisotopic (exact) mass is 529 g/mol. The first kappa shape index (κ1) is 25.8. The molecule has 5 nitrogen and oxygen atoms in total. The zero-order valence-corrected chi connectivity index (χ0v) is 22.6. The van der Waals surface area contributed by atoms with Crippen LogP contribution in [0.5, 0.6) is 23.0 Å². The van der Waals surface area contributed by atoms with Gasteiger partial charge >= 0.3 is 0 Å². The summed E-state index contributed by atoms with van der Waals surface area (Å²) >= 11 is 0. The van der Waals surface area contributed by atoms with Crippen LogP contribution in [0.25, 0.3) is 11.1 Å². The van der Waals surface area contributed by atoms with Gasteiger partial charge in [0.2, 0.25) is 0 Å². The van der Waals surface area contributed by atoms with Crippen LogP contribution in [0.4, 0.5) is 4.39 Å². The fourth-order valence-corrected chi connectivity index (χ4v) is 6.13. The molecule has 6 rings (SSSR count). The molecule has 3 aliphatic rings. The molecule has 3 aromatic rings. The van der Waals surface area contributed by atoms with Crippen LogP contribution in [0, 0.1) is 5.92 Å². The van der Waals surface area contributed by atoms with Crippen LogP contribution in [0.2, 0.25) is 0 Å². The standard InChI is InChI=1S/C33H36FNO4/c1-21-13-16-35(19-21)22(2)20-38-27-10-7-23(8-11-27)32-30(24-5-3-6-25(36)17-24)31(33(34)14-4-15-33)28-18-26(37)9-12-29(28)39-32/h3,5-12,17-18,21-22,32,36-37H,4,13-16,19-20H2,1-2H3/t21-,22+,32?/m1/s1. The van der Waals surface area contributed by atoms with Crippen molar-refractivity contribution in [2.75, 3.05) is 19.7 Å². The van der Waals surface area contributed by atoms with E-state index in [-0.39, 0.29) is 11.5 Å². The molecule has 204 valence electrons. The number of hydrogen-bond acceptors (Lipinski definition) is 5. The van der Waals surface area contributed by atoms with Gasteiger partial charge in [0.15, 0.2) is 0 Å². The molecule has 0 aromatic heterocycles. The second kappa shape index (κ2) is 10.2. The summed E-state index contributed by atoms with van der Waals surface area (Å²) in [4.78, 5) is 2.48. The maximum Gasteiger partial charge on any atom is 0.150 e. The Morgan fingerprint density at radius 2 is 1.82 bits per heavy atom. The van der Waals surface area contributed by atoms with Gasteiger partial charge in [-0.05, 0) is 98.7 Å². The maximum absolute atomic E-state index is 16.4. The third kappa shape index (κ3) is 4.98. The molecule has 0 spiro atoms. The molecule has 3 atom stereocenters. The first-order chi connectivity index (χ1) is 18.8. The lowest BCUT2D eigenvalue weighted by atomic mass is 9.69. The molecule has 1 aliphatic carbocycles. The number of ether oxygens (including phenoxy) is 2. The third-order valence-corrected chi connectivity index (χ3v) is 8.51. The number of alkyl halides is 1. The van der Waals surface area contributed by atoms with Gasteiger partial charge < -0.3 is 19.7 Å². The summed E-state index contributed by atoms with van der Waals surface area (Å²) in [6, 6.07) is 19.9. The van der Waals surface area contributed by atoms with Gasteiger partial charge in [0, 0.05) is 29.3 Å². The van der Waals surface area contributed by atoms with Gasteiger partial charge in [-0.25, -0.2) is 4.39 Å². The molecular formula is C33H36FNO4. The van der Waals surface area contributed by atoms with E-state index in [9.17, 15) is 10.2 Å². The van der Waals surface area contributed by atoms with Gasteiger partial charge in [-0.15, -0.1) is 0 Å². The number of aromatic hydroxyl groups is 2. The van der Waals surface area contributed by atoms with E-state index in [1.54, 1.807) is 36.4 Å². The number of benzene rings is 3. The molecule has 1 unspecified atom stereocenters. The predicted molar refractivity (Wildman–Crippen MR) is 151 cm³/mol. The highest BCUT2D eigenvalue weighted by Gasteiger charge is 2.47. The number of likely N-dealkylation sites (tertiary alicyclic amines) is 1. The Labute approximate surface area is 229 Å². The fourth-order valence-electron chi connectivity index (χ4n) is 6.13. The number of nitrogens with zero attached hydrogens (tertiary/aromatic N) is 1. The van der Waals surface area contributed by atoms with E-state index in [0.29, 0.717) is 53.5 Å². The van der Waals surface area contributed by atoms with Crippen molar-refractivity contribution in [3.8, 4) is 23.0 Å². The third-order valence-electron chi connectivity index (χ3n) is 8.51. The van der Waals surface area contributed by atoms with Crippen LogP contribution in [-0.4, -0.2) is 46.5 Å². The van der Waals surface area contributed by atoms with Crippen molar-refractivity contribution in [3.05, 3.63) is 83.4 Å². The van der Waals surface area contributed by atoms with Gasteiger partial charge in [-0.2, -0.15) is 0 Å². The van der Waals surface area contributed by atoms with Gasteiger partial charge in [0.1, 0.15) is 41.4 Å². The van der Waals surface area contributed by atoms with Crippen molar-refractivity contribution in [2.24, 2.45) is 5.92 Å². The summed E-state index contributed by atoms with van der Waals surface area (Å²) in [5.41, 5.74) is 1.81. The lowest BCUT2D eigenvalue weighted by Gasteiger charge is -2.42. The van der Waals surface area contributed by atoms with E-state index in [0.717, 1.165) is 36.7 Å². The first-order valence-corrected chi connectivity index (χ1v) is 14.0. The Morgan fingerprint density at radius 1 is 1.05 bits per heavy atom. The average molecular weight is 530 g/mol. The molecule has 2 aliphatic heterocycles. The van der Waals surface area contributed by atoms with Crippen LogP contribution >= 0.6 is 0 Å². The summed E-state index contributed by atoms with van der Waals surface area (Å²) < 4.78 is 29.1. The van der Waals surface area contributed by atoms with E-state index in [1.807, 2.05) is 30.3 Å². The van der Waals surface area contributed by atoms with Crippen molar-refractivity contribution in [1.29, 1.82) is 0 Å². The highest BCUT2D eigenvalue weighted by Crippen LogP contribution is 2.57. The second-order valence-corrected chi connectivity index (χ2v) is 11.5. The molecule has 0 amide bonds. The smallest absolute Gasteiger partial charge is 0.150 e. The summed E-state index contributed by atoms with van der Waals surface area (Å²) in [6.07, 6.45) is 2.26. The minimum absolute atomic E-state index is 0.0607. The highest BCUT2D eigenvalue weighted by atomic mass is 19.1. The molecule has 0 bridgehead atoms. The summed E-state index contributed by atoms with van der Waals surface area (Å²) in [5.74, 6) is 2.22. The summed E-state index contributed by atoms with van der Waals surface area (Å²) in [7, 11) is 0. The quantitative estimate of drug-likeness (QED) is 0.341. The van der Waals surface area contributed by atoms with Crippen LogP contribution < -0.4 is 9.47 Å². The van der Waals surface area contributed by atoms with Crippen LogP contribution in [-0.2, 0) is 0 Å². The fraction of sp³-hybridized carbons (Fsp3) is 0.394. The zero-order chi connectivity index (χ0) is 27.1. The van der Waals surface area contributed by atoms with E-state index in [2.05, 4.69) is 18.7 Å². The number of phenols is 2. The number of halogens is 1. The van der Waals surface area contributed by atoms with E-state index in [4.69, 9.17) is 9.47 Å². The largest absolute Gasteiger partial charge is 0.508 e. The molecule has 6 heteroatoms. The van der Waals surface area contributed by atoms with Gasteiger partial charge in [-0.3, -0.25) is 4.90 Å². The molecule has 2 N–H and O–H groups in total. The normalized spacial score (nSPS) is 23.1. The lowest BCUT2D eigenvalue weighted by molar-refractivity contribution is 0.128. The van der Waals surface area contributed by atoms with E-state index < -0.39 is 11.8 Å². The van der Waals surface area contributed by atoms with Gasteiger partial charge in [0.05, 0.1) is 0 Å². The van der Waals surface area contributed by atoms with Crippen molar-refractivity contribution in [3.63, 3.8) is 0 Å². The Morgan fingerprint density at radius 3 is 2.49 bits per heavy atom. The number of allylic oxidation sites excluding steroid dienone is 1. The van der Waals surface area contributed by atoms with Crippen molar-refractivity contribution in [2.45, 2.75) is 57.3 Å². The first-order valence-electron chi connectivity index (χ1n) is 14.0. The minimum atomic E-state index is -1.53. The van der Waals surface area contributed by atoms with Crippen molar-refractivity contribution < 1.29 is 24.1 Å². The predicted octanol–water partition coefficient (Wildman–Crippen LogP) is 7.14. The van der Waals surface area contributed by atoms with Gasteiger partial charge in [0.25, 0.3) is 0 Å². The Hall–Kier alpha value is -3.51. The zero-order valence-electron chi connectivity index (χ0n) is 22.6. The molecular weight excluding hydrogens is 493 g/mol. The van der Waals surface area contributed by atoms with Crippen LogP contribution in [0.15, 0.2) is 66.7 Å². The summed E-state index contributed by atoms with van der Waals surface area (Å²) in [6.45, 7) is 7.35. The lowest BCUT2D eigenvalue weighted by Crippen LogP contribution is -2.36. The van der Waals surface area contributed by atoms with E-state index >= 15 is 4.39 Å². The SMILES string of the molecule is C[C@@H]1CCN([C@@H](C)COc2ccc(C3Oc4ccc(O)cc4C(C4(F)CCC4)=C3c3cccc(O)c3)cc2)C1. The number of phenolic OH excluding ortho intramolecular Hbond substituents is 2. The maximum atomic E-state index is 16.4. The Balaban J connectivity index is 1.36. The van der Waals surface area contributed by atoms with Crippen LogP contribution in [0.1, 0.15) is 62.3 Å². The van der Waals surface area contributed by atoms with Crippen molar-refractivity contribution in [1.82, 2.24) is 4.90 Å². The number of fused-ring (bicyclic) bond motifs is 1. The highest BCUT2D eigenvalue weighted by molar-refractivity contribution is 6.00. The van der Waals surface area contributed by atoms with Gasteiger partial charge in [-0.1, -0.05) is 31.2 Å². The average Bonchev–Trinajstić information content (AvgIpc) is 3.36. The molecule has 39 heavy (non-hydrogen) atoms. The second-order valence-electron chi connectivity index (χ2n) is 11.5. The summed E-state index contributed by atoms with van der Waals surface area (Å²) in [5, 5.41) is 20.6. The topological polar surface area (TPSA) is 62.2 Å².